The van der Waals surface area contributed by atoms with Crippen molar-refractivity contribution < 1.29 is 14.6 Å². The topological polar surface area (TPSA) is 59.4 Å². The van der Waals surface area contributed by atoms with E-state index < -0.39 is 5.97 Å². The van der Waals surface area contributed by atoms with E-state index in [4.69, 9.17) is 9.84 Å². The molecular formula is C13H13NO3S. The number of aromatic carboxylic acids is 1. The van der Waals surface area contributed by atoms with E-state index in [1.165, 1.54) is 12.1 Å². The van der Waals surface area contributed by atoms with Crippen molar-refractivity contribution in [3.63, 3.8) is 0 Å². The van der Waals surface area contributed by atoms with Crippen LogP contribution < -0.4 is 4.74 Å². The molecule has 0 radical (unpaired) electrons. The average molecular weight is 263 g/mol. The second kappa shape index (κ2) is 5.64. The van der Waals surface area contributed by atoms with Gasteiger partial charge in [-0.2, -0.15) is 0 Å². The van der Waals surface area contributed by atoms with E-state index >= 15 is 0 Å². The first-order valence-electron chi connectivity index (χ1n) is 5.52. The molecule has 18 heavy (non-hydrogen) atoms. The Morgan fingerprint density at radius 3 is 2.67 bits per heavy atom. The van der Waals surface area contributed by atoms with Gasteiger partial charge in [0, 0.05) is 17.5 Å². The molecule has 0 aliphatic carbocycles. The minimum Gasteiger partial charge on any atom is -0.493 e. The molecule has 0 unspecified atom stereocenters. The fourth-order valence-corrected chi connectivity index (χ4v) is 2.22. The second-order valence-electron chi connectivity index (χ2n) is 3.81. The van der Waals surface area contributed by atoms with Crippen molar-refractivity contribution in [1.82, 2.24) is 4.98 Å². The summed E-state index contributed by atoms with van der Waals surface area (Å²) >= 11 is 1.62. The SMILES string of the molecule is Cc1csc(CCOc2ccc(C(=O)O)cc2)n1. The molecule has 4 nitrogen and oxygen atoms in total. The zero-order valence-corrected chi connectivity index (χ0v) is 10.7. The van der Waals surface area contributed by atoms with Gasteiger partial charge in [0.1, 0.15) is 5.75 Å². The molecule has 0 fully saturated rings. The van der Waals surface area contributed by atoms with Gasteiger partial charge >= 0.3 is 5.97 Å². The molecule has 94 valence electrons. The zero-order chi connectivity index (χ0) is 13.0. The molecule has 0 saturated heterocycles. The van der Waals surface area contributed by atoms with E-state index in [-0.39, 0.29) is 5.56 Å². The van der Waals surface area contributed by atoms with Gasteiger partial charge in [-0.3, -0.25) is 0 Å². The summed E-state index contributed by atoms with van der Waals surface area (Å²) in [6, 6.07) is 6.39. The van der Waals surface area contributed by atoms with Crippen molar-refractivity contribution in [2.24, 2.45) is 0 Å². The molecule has 0 saturated carbocycles. The Morgan fingerprint density at radius 1 is 1.39 bits per heavy atom. The van der Waals surface area contributed by atoms with Crippen LogP contribution in [0.5, 0.6) is 5.75 Å². The Kier molecular flexibility index (Phi) is 3.94. The van der Waals surface area contributed by atoms with Crippen molar-refractivity contribution in [2.45, 2.75) is 13.3 Å². The van der Waals surface area contributed by atoms with Gasteiger partial charge in [-0.15, -0.1) is 11.3 Å². The standard InChI is InChI=1S/C13H13NO3S/c1-9-8-18-12(14-9)6-7-17-11-4-2-10(3-5-11)13(15)16/h2-5,8H,6-7H2,1H3,(H,15,16). The highest BCUT2D eigenvalue weighted by Crippen LogP contribution is 2.14. The van der Waals surface area contributed by atoms with Gasteiger partial charge in [0.15, 0.2) is 0 Å². The number of thiazole rings is 1. The molecule has 0 spiro atoms. The number of hydrogen-bond donors (Lipinski definition) is 1. The second-order valence-corrected chi connectivity index (χ2v) is 4.75. The van der Waals surface area contributed by atoms with Crippen LogP contribution >= 0.6 is 11.3 Å². The lowest BCUT2D eigenvalue weighted by atomic mass is 10.2. The van der Waals surface area contributed by atoms with Gasteiger partial charge in [0.25, 0.3) is 0 Å². The molecule has 2 aromatic rings. The number of aromatic nitrogens is 1. The maximum atomic E-state index is 10.7. The molecule has 0 aliphatic rings. The monoisotopic (exact) mass is 263 g/mol. The first kappa shape index (κ1) is 12.6. The summed E-state index contributed by atoms with van der Waals surface area (Å²) in [5, 5.41) is 11.8. The number of carboxylic acid groups (broad SMARTS) is 1. The summed E-state index contributed by atoms with van der Waals surface area (Å²) in [5.74, 6) is -0.256. The van der Waals surface area contributed by atoms with E-state index in [0.717, 1.165) is 17.1 Å². The number of rotatable bonds is 5. The molecule has 1 aromatic heterocycles. The van der Waals surface area contributed by atoms with Gasteiger partial charge in [0.2, 0.25) is 0 Å². The van der Waals surface area contributed by atoms with E-state index in [2.05, 4.69) is 4.98 Å². The number of hydrogen-bond acceptors (Lipinski definition) is 4. The highest BCUT2D eigenvalue weighted by atomic mass is 32.1. The number of carboxylic acids is 1. The maximum Gasteiger partial charge on any atom is 0.335 e. The predicted octanol–water partition coefficient (Wildman–Crippen LogP) is 2.77. The van der Waals surface area contributed by atoms with Gasteiger partial charge in [-0.1, -0.05) is 0 Å². The van der Waals surface area contributed by atoms with Crippen LogP contribution in [0.1, 0.15) is 21.1 Å². The third-order valence-corrected chi connectivity index (χ3v) is 3.38. The number of ether oxygens (including phenoxy) is 1. The molecule has 0 aliphatic heterocycles. The smallest absolute Gasteiger partial charge is 0.335 e. The molecule has 0 amide bonds. The number of benzene rings is 1. The van der Waals surface area contributed by atoms with Gasteiger partial charge in [0.05, 0.1) is 17.2 Å². The molecule has 1 N–H and O–H groups in total. The van der Waals surface area contributed by atoms with Gasteiger partial charge in [-0.25, -0.2) is 9.78 Å². The molecule has 0 atom stereocenters. The van der Waals surface area contributed by atoms with Crippen molar-refractivity contribution in [3.05, 3.63) is 45.9 Å². The normalized spacial score (nSPS) is 10.3. The van der Waals surface area contributed by atoms with Crippen molar-refractivity contribution in [2.75, 3.05) is 6.61 Å². The minimum absolute atomic E-state index is 0.262. The third kappa shape index (κ3) is 3.30. The van der Waals surface area contributed by atoms with Crippen molar-refractivity contribution >= 4 is 17.3 Å². The van der Waals surface area contributed by atoms with Crippen LogP contribution in [0.4, 0.5) is 0 Å². The lowest BCUT2D eigenvalue weighted by Crippen LogP contribution is -2.02. The quantitative estimate of drug-likeness (QED) is 0.901. The Morgan fingerprint density at radius 2 is 2.11 bits per heavy atom. The molecule has 1 heterocycles. The minimum atomic E-state index is -0.931. The molecular weight excluding hydrogens is 250 g/mol. The summed E-state index contributed by atoms with van der Waals surface area (Å²) in [7, 11) is 0. The van der Waals surface area contributed by atoms with E-state index in [1.807, 2.05) is 12.3 Å². The third-order valence-electron chi connectivity index (χ3n) is 2.35. The number of nitrogens with zero attached hydrogens (tertiary/aromatic N) is 1. The van der Waals surface area contributed by atoms with Crippen LogP contribution in [0.15, 0.2) is 29.6 Å². The van der Waals surface area contributed by atoms with Gasteiger partial charge in [-0.05, 0) is 31.2 Å². The van der Waals surface area contributed by atoms with Crippen LogP contribution in [0.3, 0.4) is 0 Å². The fourth-order valence-electron chi connectivity index (χ4n) is 1.47. The van der Waals surface area contributed by atoms with Crippen LogP contribution in [0.2, 0.25) is 0 Å². The van der Waals surface area contributed by atoms with Crippen LogP contribution in [0, 0.1) is 6.92 Å². The van der Waals surface area contributed by atoms with Gasteiger partial charge < -0.3 is 9.84 Å². The summed E-state index contributed by atoms with van der Waals surface area (Å²) in [6.45, 7) is 2.50. The summed E-state index contributed by atoms with van der Waals surface area (Å²) < 4.78 is 5.53. The predicted molar refractivity (Wildman–Crippen MR) is 69.5 cm³/mol. The summed E-state index contributed by atoms with van der Waals surface area (Å²) in [5.41, 5.74) is 1.29. The summed E-state index contributed by atoms with van der Waals surface area (Å²) in [6.07, 6.45) is 0.763. The van der Waals surface area contributed by atoms with Crippen LogP contribution in [-0.4, -0.2) is 22.7 Å². The number of carbonyl (C=O) groups is 1. The fraction of sp³-hybridized carbons (Fsp3) is 0.231. The molecule has 1 aromatic carbocycles. The molecule has 2 rings (SSSR count). The molecule has 5 heteroatoms. The van der Waals surface area contributed by atoms with E-state index in [9.17, 15) is 4.79 Å². The highest BCUT2D eigenvalue weighted by molar-refractivity contribution is 7.09. The van der Waals surface area contributed by atoms with E-state index in [0.29, 0.717) is 12.4 Å². The lowest BCUT2D eigenvalue weighted by molar-refractivity contribution is 0.0697. The van der Waals surface area contributed by atoms with Crippen LogP contribution in [0.25, 0.3) is 0 Å². The Bertz CT molecular complexity index is 533. The first-order chi connectivity index (χ1) is 8.65. The number of aryl methyl sites for hydroxylation is 1. The lowest BCUT2D eigenvalue weighted by Gasteiger charge is -2.04. The average Bonchev–Trinajstić information content (AvgIpc) is 2.76. The Hall–Kier alpha value is -1.88. The van der Waals surface area contributed by atoms with Crippen molar-refractivity contribution in [3.8, 4) is 5.75 Å². The first-order valence-corrected chi connectivity index (χ1v) is 6.40. The summed E-state index contributed by atoms with van der Waals surface area (Å²) in [4.78, 5) is 15.0. The maximum absolute atomic E-state index is 10.7. The van der Waals surface area contributed by atoms with Crippen LogP contribution in [-0.2, 0) is 6.42 Å². The Balaban J connectivity index is 1.85. The van der Waals surface area contributed by atoms with Crippen molar-refractivity contribution in [1.29, 1.82) is 0 Å². The highest BCUT2D eigenvalue weighted by Gasteiger charge is 2.03. The zero-order valence-electron chi connectivity index (χ0n) is 9.92. The van der Waals surface area contributed by atoms with E-state index in [1.54, 1.807) is 23.5 Å². The Labute approximate surface area is 109 Å². The largest absolute Gasteiger partial charge is 0.493 e. The molecule has 0 bridgehead atoms.